The number of nitrogen functional groups attached to an aromatic ring is 1. The second kappa shape index (κ2) is 9.87. The molecule has 3 rings (SSSR count). The van der Waals surface area contributed by atoms with Crippen molar-refractivity contribution < 1.29 is 68.5 Å². The summed E-state index contributed by atoms with van der Waals surface area (Å²) >= 11 is 5.33. The van der Waals surface area contributed by atoms with Gasteiger partial charge in [0.1, 0.15) is 17.6 Å². The third kappa shape index (κ3) is 6.05. The number of nitrogens with two attached hydrogens (primary N) is 1. The molecule has 2 aromatic heterocycles. The number of anilines is 1. The van der Waals surface area contributed by atoms with Crippen LogP contribution in [0, 0.1) is 17.1 Å². The second-order valence-electron chi connectivity index (χ2n) is 6.73. The Balaban J connectivity index is 2.02. The van der Waals surface area contributed by atoms with Gasteiger partial charge in [-0.3, -0.25) is 18.9 Å². The number of aromatic nitrogens is 3. The number of phosphoric acid groups is 3. The van der Waals surface area contributed by atoms with Gasteiger partial charge in [-0.2, -0.15) is 13.6 Å². The van der Waals surface area contributed by atoms with E-state index < -0.39 is 82.4 Å². The first-order valence-electron chi connectivity index (χ1n) is 9.71. The Bertz CT molecular complexity index is 1540. The number of aliphatic hydroxyl groups is 2. The second-order valence-corrected chi connectivity index (χ2v) is 11.3. The molecule has 0 aromatic carbocycles. The van der Waals surface area contributed by atoms with Gasteiger partial charge in [0, 0.05) is 11.6 Å². The molecule has 1 saturated heterocycles. The molecule has 1 aliphatic rings. The van der Waals surface area contributed by atoms with Crippen LogP contribution in [0.5, 0.6) is 0 Å². The largest absolute Gasteiger partial charge is 0.490 e. The number of ether oxygens (including phenoxy) is 1. The molecular formula is C13H15ClFN4O14P3. The van der Waals surface area contributed by atoms with Gasteiger partial charge < -0.3 is 40.3 Å². The zero-order chi connectivity index (χ0) is 29.1. The third-order valence-electron chi connectivity index (χ3n) is 4.24. The first-order chi connectivity index (χ1) is 17.1. The fourth-order valence-corrected chi connectivity index (χ4v) is 6.02. The number of hydrogen-bond acceptors (Lipinski definition) is 12. The first kappa shape index (κ1) is 25.9. The lowest BCUT2D eigenvalue weighted by Gasteiger charge is -2.26. The van der Waals surface area contributed by atoms with E-state index in [1.165, 1.54) is 0 Å². The van der Waals surface area contributed by atoms with E-state index in [2.05, 4.69) is 18.1 Å². The maximum absolute atomic E-state index is 14.5. The summed E-state index contributed by atoms with van der Waals surface area (Å²) < 4.78 is 81.6. The highest BCUT2D eigenvalue weighted by atomic mass is 35.5. The van der Waals surface area contributed by atoms with Gasteiger partial charge in [-0.15, -0.1) is 0 Å². The molecule has 0 spiro atoms. The summed E-state index contributed by atoms with van der Waals surface area (Å²) in [7, 11) is -18.0. The number of aromatic amines is 1. The number of fused-ring (bicyclic) bond motifs is 1. The minimum Gasteiger partial charge on any atom is -0.386 e. The van der Waals surface area contributed by atoms with Gasteiger partial charge in [0.25, 0.3) is 5.56 Å². The van der Waals surface area contributed by atoms with Crippen molar-refractivity contribution in [2.75, 3.05) is 12.3 Å². The molecule has 9 N–H and O–H groups in total. The van der Waals surface area contributed by atoms with Crippen LogP contribution >= 0.6 is 35.1 Å². The highest BCUT2D eigenvalue weighted by Gasteiger charge is 2.57. The summed E-state index contributed by atoms with van der Waals surface area (Å²) in [4.78, 5) is 53.9. The van der Waals surface area contributed by atoms with Crippen molar-refractivity contribution in [1.82, 2.24) is 14.5 Å². The Hall–Kier alpha value is -1.71. The van der Waals surface area contributed by atoms with Crippen LogP contribution in [-0.4, -0.2) is 68.7 Å². The Labute approximate surface area is 205 Å². The lowest BCUT2D eigenvalue weighted by molar-refractivity contribution is -0.0717. The number of halogens is 2. The molecule has 0 radical (unpaired) electrons. The van der Waals surface area contributed by atoms with Crippen LogP contribution in [0.25, 0.3) is 11.0 Å². The molecule has 3 heterocycles. The molecule has 2 aromatic rings. The quantitative estimate of drug-likeness (QED) is 0.133. The van der Waals surface area contributed by atoms with E-state index in [9.17, 15) is 42.9 Å². The summed E-state index contributed by atoms with van der Waals surface area (Å²) in [5, 5.41) is 22.7. The number of rotatable bonds is 8. The van der Waals surface area contributed by atoms with Crippen LogP contribution in [0.1, 0.15) is 8.97 Å². The zero-order valence-corrected chi connectivity index (χ0v) is 20.3. The topological polar surface area (TPSA) is 286 Å². The van der Waals surface area contributed by atoms with Crippen molar-refractivity contribution in [2.45, 2.75) is 24.0 Å². The predicted octanol–water partition coefficient (Wildman–Crippen LogP) is -1.02. The Kier molecular flexibility index (Phi) is 7.11. The van der Waals surface area contributed by atoms with Crippen molar-refractivity contribution >= 4 is 52.1 Å². The van der Waals surface area contributed by atoms with Crippen molar-refractivity contribution in [1.29, 1.82) is 0 Å². The molecule has 0 saturated carbocycles. The maximum atomic E-state index is 14.5. The molecular weight excluding hydrogens is 584 g/mol. The fraction of sp³-hybridized carbons (Fsp3) is 0.385. The molecule has 0 amide bonds. The molecule has 6 atom stereocenters. The van der Waals surface area contributed by atoms with Crippen LogP contribution in [0.3, 0.4) is 0 Å². The normalized spacial score (nSPS) is 29.1. The fourth-order valence-electron chi connectivity index (χ4n) is 3.00. The van der Waals surface area contributed by atoms with Crippen molar-refractivity contribution in [3.63, 3.8) is 0 Å². The summed E-state index contributed by atoms with van der Waals surface area (Å²) in [5.74, 6) is 0.105. The number of nitrogens with one attached hydrogen (secondary N) is 1. The van der Waals surface area contributed by atoms with E-state index in [0.717, 1.165) is 0 Å². The van der Waals surface area contributed by atoms with Crippen molar-refractivity contribution in [3.8, 4) is 11.3 Å². The molecule has 36 heavy (non-hydrogen) atoms. The van der Waals surface area contributed by atoms with Gasteiger partial charge in [-0.05, 0) is 17.5 Å². The first-order valence-corrected chi connectivity index (χ1v) is 13.6. The molecule has 0 aliphatic carbocycles. The minimum atomic E-state index is -6.13. The Morgan fingerprint density at radius 2 is 1.97 bits per heavy atom. The SMILES string of the molecule is [2H]C([2H])(OP(=O)(O)OP(=O)(O)OP(=O)(O)O)[C@H]1O[C@@H](n2cc(F)c3c(=O)[nH]c(N)nc32)C(O)(C#CCl)[C@H]1O. The molecule has 1 aliphatic heterocycles. The van der Waals surface area contributed by atoms with Gasteiger partial charge in [0.2, 0.25) is 11.5 Å². The van der Waals surface area contributed by atoms with Gasteiger partial charge >= 0.3 is 23.5 Å². The van der Waals surface area contributed by atoms with Crippen LogP contribution in [-0.2, 0) is 31.6 Å². The molecule has 1 fully saturated rings. The number of hydrogen-bond donors (Lipinski definition) is 8. The summed E-state index contributed by atoms with van der Waals surface area (Å²) in [6, 6.07) is 0. The van der Waals surface area contributed by atoms with Crippen molar-refractivity contribution in [3.05, 3.63) is 22.4 Å². The highest BCUT2D eigenvalue weighted by Crippen LogP contribution is 2.66. The summed E-state index contributed by atoms with van der Waals surface area (Å²) in [5.41, 5.74) is 0.807. The van der Waals surface area contributed by atoms with Gasteiger partial charge in [-0.25, -0.2) is 18.1 Å². The molecule has 200 valence electrons. The van der Waals surface area contributed by atoms with Crippen LogP contribution in [0.4, 0.5) is 10.3 Å². The number of H-pyrrole nitrogens is 1. The van der Waals surface area contributed by atoms with E-state index in [1.807, 2.05) is 10.9 Å². The Morgan fingerprint density at radius 3 is 2.56 bits per heavy atom. The van der Waals surface area contributed by atoms with Gasteiger partial charge in [0.05, 0.1) is 9.30 Å². The third-order valence-corrected chi connectivity index (χ3v) is 8.00. The lowest BCUT2D eigenvalue weighted by atomic mass is 9.95. The van der Waals surface area contributed by atoms with E-state index >= 15 is 0 Å². The minimum absolute atomic E-state index is 0.533. The highest BCUT2D eigenvalue weighted by molar-refractivity contribution is 7.66. The zero-order valence-electron chi connectivity index (χ0n) is 18.8. The molecule has 3 unspecified atom stereocenters. The smallest absolute Gasteiger partial charge is 0.386 e. The predicted molar refractivity (Wildman–Crippen MR) is 113 cm³/mol. The van der Waals surface area contributed by atoms with Gasteiger partial charge in [-0.1, -0.05) is 0 Å². The average molecular weight is 601 g/mol. The molecule has 23 heteroatoms. The van der Waals surface area contributed by atoms with Crippen LogP contribution in [0.2, 0.25) is 0 Å². The van der Waals surface area contributed by atoms with E-state index in [0.29, 0.717) is 10.8 Å². The van der Waals surface area contributed by atoms with Crippen molar-refractivity contribution in [2.24, 2.45) is 0 Å². The number of nitrogens with zero attached hydrogens (tertiary/aromatic N) is 2. The standard InChI is InChI=1S/C13H15ClFN4O14P3/c14-2-1-13(22)8(20)6(4-30-35(26,27)33-36(28,29)32-34(23,24)25)31-11(13)19-3-5(15)7-9(19)17-12(16)18-10(7)21/h3,6,8,11,20,22H,4H2,(H,26,27)(H,28,29)(H2,23,24,25)(H3,16,17,18,21)/t6-,8+,11-,13?/m1/s1/i4D2. The average Bonchev–Trinajstić information content (AvgIpc) is 3.12. The summed E-state index contributed by atoms with van der Waals surface area (Å²) in [6.45, 7) is -3.77. The molecule has 18 nitrogen and oxygen atoms in total. The molecule has 0 bridgehead atoms. The van der Waals surface area contributed by atoms with Crippen LogP contribution in [0.15, 0.2) is 11.0 Å². The number of aliphatic hydroxyl groups excluding tert-OH is 1. The van der Waals surface area contributed by atoms with E-state index in [4.69, 9.17) is 34.6 Å². The maximum Gasteiger partial charge on any atom is 0.490 e. The van der Waals surface area contributed by atoms with Gasteiger partial charge in [0.15, 0.2) is 17.7 Å². The monoisotopic (exact) mass is 600 g/mol. The van der Waals surface area contributed by atoms with Crippen LogP contribution < -0.4 is 11.3 Å². The van der Waals surface area contributed by atoms with E-state index in [1.54, 1.807) is 5.38 Å². The lowest BCUT2D eigenvalue weighted by Crippen LogP contribution is -2.46. The Morgan fingerprint density at radius 1 is 1.33 bits per heavy atom. The summed E-state index contributed by atoms with van der Waals surface area (Å²) in [6.07, 6.45) is -6.78. The number of phosphoric ester groups is 1. The van der Waals surface area contributed by atoms with E-state index in [-0.39, 0.29) is 0 Å².